The summed E-state index contributed by atoms with van der Waals surface area (Å²) in [5, 5.41) is 16.1. The molecule has 5 heteroatoms. The van der Waals surface area contributed by atoms with Crippen LogP contribution in [0.1, 0.15) is 44.9 Å². The highest BCUT2D eigenvalue weighted by molar-refractivity contribution is 5.85. The highest BCUT2D eigenvalue weighted by atomic mass is 35.5. The van der Waals surface area contributed by atoms with E-state index in [0.717, 1.165) is 45.2 Å². The monoisotopic (exact) mass is 302 g/mol. The molecule has 3 aliphatic rings. The molecule has 0 aromatic rings. The summed E-state index contributed by atoms with van der Waals surface area (Å²) in [6, 6.07) is 0. The smallest absolute Gasteiger partial charge is 0.223 e. The lowest BCUT2D eigenvalue weighted by Gasteiger charge is -2.27. The molecule has 0 aromatic carbocycles. The predicted octanol–water partition coefficient (Wildman–Crippen LogP) is 1.47. The third-order valence-corrected chi connectivity index (χ3v) is 5.74. The standard InChI is InChI=1S/C15H26N2O2.ClH/c18-11-14(3-1-2-4-14)10-17-13(19)12-9-15(12)5-7-16-8-6-15;/h12,16,18H,1-11H2,(H,17,19);1H. The van der Waals surface area contributed by atoms with Crippen LogP contribution in [-0.2, 0) is 4.79 Å². The summed E-state index contributed by atoms with van der Waals surface area (Å²) in [4.78, 5) is 12.3. The predicted molar refractivity (Wildman–Crippen MR) is 80.9 cm³/mol. The summed E-state index contributed by atoms with van der Waals surface area (Å²) < 4.78 is 0. The third kappa shape index (κ3) is 2.97. The zero-order valence-electron chi connectivity index (χ0n) is 12.1. The Hall–Kier alpha value is -0.320. The first-order valence-electron chi connectivity index (χ1n) is 7.79. The Balaban J connectivity index is 0.00000147. The van der Waals surface area contributed by atoms with Crippen LogP contribution in [-0.4, -0.2) is 37.3 Å². The Kier molecular flexibility index (Phi) is 4.98. The molecule has 1 spiro atoms. The van der Waals surface area contributed by atoms with E-state index in [2.05, 4.69) is 10.6 Å². The third-order valence-electron chi connectivity index (χ3n) is 5.74. The van der Waals surface area contributed by atoms with Gasteiger partial charge in [0, 0.05) is 17.9 Å². The SMILES string of the molecule is Cl.O=C(NCC1(CO)CCCC1)C1CC12CCNCC2. The molecule has 2 aliphatic carbocycles. The van der Waals surface area contributed by atoms with Crippen molar-refractivity contribution in [3.05, 3.63) is 0 Å². The summed E-state index contributed by atoms with van der Waals surface area (Å²) in [7, 11) is 0. The van der Waals surface area contributed by atoms with Crippen LogP contribution in [0, 0.1) is 16.7 Å². The van der Waals surface area contributed by atoms with E-state index >= 15 is 0 Å². The van der Waals surface area contributed by atoms with Crippen LogP contribution in [0.15, 0.2) is 0 Å². The quantitative estimate of drug-likeness (QED) is 0.737. The Bertz CT molecular complexity index is 350. The summed E-state index contributed by atoms with van der Waals surface area (Å²) in [5.74, 6) is 0.480. The second-order valence-corrected chi connectivity index (χ2v) is 6.95. The van der Waals surface area contributed by atoms with Gasteiger partial charge in [-0.1, -0.05) is 12.8 Å². The summed E-state index contributed by atoms with van der Waals surface area (Å²) in [6.45, 7) is 3.01. The van der Waals surface area contributed by atoms with E-state index in [4.69, 9.17) is 0 Å². The average molecular weight is 303 g/mol. The lowest BCUT2D eigenvalue weighted by Crippen LogP contribution is -2.40. The van der Waals surface area contributed by atoms with Gasteiger partial charge in [-0.05, 0) is 50.6 Å². The van der Waals surface area contributed by atoms with Crippen molar-refractivity contribution in [1.29, 1.82) is 0 Å². The molecule has 3 fully saturated rings. The van der Waals surface area contributed by atoms with Crippen molar-refractivity contribution in [3.8, 4) is 0 Å². The summed E-state index contributed by atoms with van der Waals surface area (Å²) in [5.41, 5.74) is 0.295. The van der Waals surface area contributed by atoms with Crippen molar-refractivity contribution in [3.63, 3.8) is 0 Å². The number of rotatable bonds is 4. The first kappa shape index (κ1) is 16.1. The van der Waals surface area contributed by atoms with Crippen LogP contribution in [0.4, 0.5) is 0 Å². The van der Waals surface area contributed by atoms with Crippen molar-refractivity contribution in [2.24, 2.45) is 16.7 Å². The van der Waals surface area contributed by atoms with Gasteiger partial charge in [0.05, 0.1) is 6.61 Å². The molecule has 3 N–H and O–H groups in total. The highest BCUT2D eigenvalue weighted by Gasteiger charge is 2.57. The van der Waals surface area contributed by atoms with Gasteiger partial charge in [0.25, 0.3) is 0 Å². The van der Waals surface area contributed by atoms with E-state index in [0.29, 0.717) is 12.0 Å². The molecule has 116 valence electrons. The summed E-state index contributed by atoms with van der Waals surface area (Å²) >= 11 is 0. The van der Waals surface area contributed by atoms with Crippen LogP contribution >= 0.6 is 12.4 Å². The van der Waals surface area contributed by atoms with Crippen molar-refractivity contribution in [2.45, 2.75) is 44.9 Å². The largest absolute Gasteiger partial charge is 0.396 e. The van der Waals surface area contributed by atoms with Gasteiger partial charge < -0.3 is 15.7 Å². The van der Waals surface area contributed by atoms with Crippen molar-refractivity contribution in [2.75, 3.05) is 26.2 Å². The lowest BCUT2D eigenvalue weighted by atomic mass is 9.87. The number of halogens is 1. The van der Waals surface area contributed by atoms with E-state index in [-0.39, 0.29) is 36.3 Å². The maximum Gasteiger partial charge on any atom is 0.223 e. The number of carbonyl (C=O) groups excluding carboxylic acids is 1. The fourth-order valence-electron chi connectivity index (χ4n) is 4.11. The number of nitrogens with one attached hydrogen (secondary N) is 2. The number of hydrogen-bond donors (Lipinski definition) is 3. The molecular weight excluding hydrogens is 276 g/mol. The van der Waals surface area contributed by atoms with Gasteiger partial charge in [0.15, 0.2) is 0 Å². The molecule has 4 nitrogen and oxygen atoms in total. The minimum atomic E-state index is -0.0220. The van der Waals surface area contributed by atoms with Crippen molar-refractivity contribution < 1.29 is 9.90 Å². The molecule has 1 unspecified atom stereocenters. The fraction of sp³-hybridized carbons (Fsp3) is 0.933. The van der Waals surface area contributed by atoms with Gasteiger partial charge in [-0.25, -0.2) is 0 Å². The molecule has 1 atom stereocenters. The van der Waals surface area contributed by atoms with Gasteiger partial charge in [-0.3, -0.25) is 4.79 Å². The van der Waals surface area contributed by atoms with E-state index in [9.17, 15) is 9.90 Å². The van der Waals surface area contributed by atoms with Crippen LogP contribution in [0.5, 0.6) is 0 Å². The highest BCUT2D eigenvalue weighted by Crippen LogP contribution is 2.58. The number of aliphatic hydroxyl groups is 1. The molecule has 1 heterocycles. The van der Waals surface area contributed by atoms with Crippen LogP contribution < -0.4 is 10.6 Å². The number of aliphatic hydroxyl groups excluding tert-OH is 1. The van der Waals surface area contributed by atoms with Gasteiger partial charge in [0.2, 0.25) is 5.91 Å². The van der Waals surface area contributed by atoms with E-state index in [1.54, 1.807) is 0 Å². The molecule has 1 saturated heterocycles. The normalized spacial score (nSPS) is 29.8. The molecule has 0 bridgehead atoms. The fourth-order valence-corrected chi connectivity index (χ4v) is 4.11. The molecule has 2 saturated carbocycles. The lowest BCUT2D eigenvalue weighted by molar-refractivity contribution is -0.124. The first-order valence-corrected chi connectivity index (χ1v) is 7.79. The Labute approximate surface area is 127 Å². The zero-order chi connectivity index (χ0) is 13.3. The van der Waals surface area contributed by atoms with Gasteiger partial charge in [-0.2, -0.15) is 0 Å². The Morgan fingerprint density at radius 1 is 1.20 bits per heavy atom. The van der Waals surface area contributed by atoms with E-state index in [1.807, 2.05) is 0 Å². The molecule has 1 amide bonds. The van der Waals surface area contributed by atoms with Gasteiger partial charge in [0.1, 0.15) is 0 Å². The first-order chi connectivity index (χ1) is 9.20. The average Bonchev–Trinajstić information content (AvgIpc) is 2.93. The van der Waals surface area contributed by atoms with Gasteiger partial charge in [-0.15, -0.1) is 12.4 Å². The van der Waals surface area contributed by atoms with Crippen LogP contribution in [0.2, 0.25) is 0 Å². The molecule has 0 aromatic heterocycles. The molecule has 0 radical (unpaired) electrons. The minimum Gasteiger partial charge on any atom is -0.396 e. The van der Waals surface area contributed by atoms with Crippen molar-refractivity contribution in [1.82, 2.24) is 10.6 Å². The second kappa shape index (κ2) is 6.20. The Morgan fingerprint density at radius 3 is 2.45 bits per heavy atom. The molecular formula is C15H27ClN2O2. The van der Waals surface area contributed by atoms with Gasteiger partial charge >= 0.3 is 0 Å². The number of hydrogen-bond acceptors (Lipinski definition) is 3. The maximum absolute atomic E-state index is 12.3. The van der Waals surface area contributed by atoms with E-state index < -0.39 is 0 Å². The molecule has 1 aliphatic heterocycles. The topological polar surface area (TPSA) is 61.4 Å². The summed E-state index contributed by atoms with van der Waals surface area (Å²) in [6.07, 6.45) is 7.87. The second-order valence-electron chi connectivity index (χ2n) is 6.95. The molecule has 20 heavy (non-hydrogen) atoms. The Morgan fingerprint density at radius 2 is 1.85 bits per heavy atom. The number of amides is 1. The molecule has 3 rings (SSSR count). The van der Waals surface area contributed by atoms with E-state index in [1.165, 1.54) is 12.8 Å². The number of piperidine rings is 1. The van der Waals surface area contributed by atoms with Crippen LogP contribution in [0.25, 0.3) is 0 Å². The number of carbonyl (C=O) groups is 1. The maximum atomic E-state index is 12.3. The van der Waals surface area contributed by atoms with Crippen LogP contribution in [0.3, 0.4) is 0 Å². The van der Waals surface area contributed by atoms with Crippen molar-refractivity contribution >= 4 is 18.3 Å². The zero-order valence-corrected chi connectivity index (χ0v) is 12.9. The minimum absolute atomic E-state index is 0.